The number of nitrogens with zero attached hydrogens (tertiary/aromatic N) is 2. The number of hydrogen-bond acceptors (Lipinski definition) is 2. The van der Waals surface area contributed by atoms with E-state index in [2.05, 4.69) is 20.8 Å². The topological polar surface area (TPSA) is 40.6 Å². The lowest BCUT2D eigenvalue weighted by molar-refractivity contribution is -0.170. The van der Waals surface area contributed by atoms with Crippen molar-refractivity contribution in [1.29, 1.82) is 0 Å². The van der Waals surface area contributed by atoms with Gasteiger partial charge in [-0.25, -0.2) is 0 Å². The highest BCUT2D eigenvalue weighted by Crippen LogP contribution is 2.40. The van der Waals surface area contributed by atoms with Gasteiger partial charge in [0.1, 0.15) is 12.1 Å². The van der Waals surface area contributed by atoms with Gasteiger partial charge in [-0.2, -0.15) is 0 Å². The minimum atomic E-state index is -0.255. The second-order valence-corrected chi connectivity index (χ2v) is 7.64. The van der Waals surface area contributed by atoms with Crippen LogP contribution in [0.1, 0.15) is 65.7 Å². The zero-order valence-corrected chi connectivity index (χ0v) is 13.6. The standard InChI is InChI=1S/C17H28N2O2/c1-12(2)14-16(21)18-11-7-8-13(18)15(20)19(14)17(3)9-5-4-6-10-17/h12-14H,4-11H2,1-3H3. The maximum absolute atomic E-state index is 13.1. The van der Waals surface area contributed by atoms with E-state index in [-0.39, 0.29) is 35.4 Å². The number of fused-ring (bicyclic) bond motifs is 1. The monoisotopic (exact) mass is 292 g/mol. The second-order valence-electron chi connectivity index (χ2n) is 7.64. The van der Waals surface area contributed by atoms with E-state index in [0.29, 0.717) is 0 Å². The van der Waals surface area contributed by atoms with Crippen molar-refractivity contribution in [1.82, 2.24) is 9.80 Å². The van der Waals surface area contributed by atoms with Gasteiger partial charge < -0.3 is 9.80 Å². The lowest BCUT2D eigenvalue weighted by Crippen LogP contribution is -2.70. The van der Waals surface area contributed by atoms with Gasteiger partial charge in [-0.1, -0.05) is 33.1 Å². The fourth-order valence-electron chi connectivity index (χ4n) is 4.60. The Labute approximate surface area is 127 Å². The van der Waals surface area contributed by atoms with Gasteiger partial charge in [-0.05, 0) is 38.5 Å². The molecule has 118 valence electrons. The molecule has 0 aromatic carbocycles. The minimum Gasteiger partial charge on any atom is -0.329 e. The van der Waals surface area contributed by atoms with Crippen LogP contribution in [0.4, 0.5) is 0 Å². The third-order valence-corrected chi connectivity index (χ3v) is 5.73. The molecule has 2 atom stereocenters. The normalized spacial score (nSPS) is 32.8. The first-order valence-electron chi connectivity index (χ1n) is 8.59. The van der Waals surface area contributed by atoms with E-state index in [0.717, 1.165) is 32.2 Å². The highest BCUT2D eigenvalue weighted by atomic mass is 16.2. The zero-order valence-electron chi connectivity index (χ0n) is 13.6. The van der Waals surface area contributed by atoms with Gasteiger partial charge in [-0.3, -0.25) is 9.59 Å². The Morgan fingerprint density at radius 3 is 2.33 bits per heavy atom. The number of carbonyl (C=O) groups is 2. The van der Waals surface area contributed by atoms with Crippen LogP contribution < -0.4 is 0 Å². The van der Waals surface area contributed by atoms with Crippen molar-refractivity contribution >= 4 is 11.8 Å². The number of piperazine rings is 1. The quantitative estimate of drug-likeness (QED) is 0.785. The fourth-order valence-corrected chi connectivity index (χ4v) is 4.60. The summed E-state index contributed by atoms with van der Waals surface area (Å²) < 4.78 is 0. The number of amides is 2. The maximum Gasteiger partial charge on any atom is 0.246 e. The summed E-state index contributed by atoms with van der Waals surface area (Å²) in [5, 5.41) is 0. The molecule has 4 heteroatoms. The summed E-state index contributed by atoms with van der Waals surface area (Å²) in [5.41, 5.74) is -0.116. The highest BCUT2D eigenvalue weighted by Gasteiger charge is 2.53. The Balaban J connectivity index is 1.98. The third-order valence-electron chi connectivity index (χ3n) is 5.73. The largest absolute Gasteiger partial charge is 0.329 e. The molecule has 2 saturated heterocycles. The number of hydrogen-bond donors (Lipinski definition) is 0. The SMILES string of the molecule is CC(C)C1C(=O)N2CCCC2C(=O)N1C1(C)CCCCC1. The first-order chi connectivity index (χ1) is 9.96. The summed E-state index contributed by atoms with van der Waals surface area (Å²) in [6, 6.07) is -0.429. The Bertz CT molecular complexity index is 440. The lowest BCUT2D eigenvalue weighted by atomic mass is 9.78. The van der Waals surface area contributed by atoms with Gasteiger partial charge in [0.25, 0.3) is 0 Å². The minimum absolute atomic E-state index is 0.116. The van der Waals surface area contributed by atoms with Crippen molar-refractivity contribution in [2.45, 2.75) is 83.3 Å². The van der Waals surface area contributed by atoms with E-state index in [9.17, 15) is 9.59 Å². The molecule has 2 unspecified atom stereocenters. The van der Waals surface area contributed by atoms with Gasteiger partial charge in [0.2, 0.25) is 11.8 Å². The average Bonchev–Trinajstić information content (AvgIpc) is 2.92. The molecule has 2 aliphatic heterocycles. The van der Waals surface area contributed by atoms with E-state index in [1.54, 1.807) is 0 Å². The van der Waals surface area contributed by atoms with Gasteiger partial charge in [0.15, 0.2) is 0 Å². The summed E-state index contributed by atoms with van der Waals surface area (Å²) in [6.07, 6.45) is 7.51. The van der Waals surface area contributed by atoms with Crippen LogP contribution in [0.2, 0.25) is 0 Å². The number of carbonyl (C=O) groups excluding carboxylic acids is 2. The summed E-state index contributed by atoms with van der Waals surface area (Å²) in [4.78, 5) is 29.9. The van der Waals surface area contributed by atoms with Crippen LogP contribution in [0.3, 0.4) is 0 Å². The van der Waals surface area contributed by atoms with Crippen molar-refractivity contribution < 1.29 is 9.59 Å². The highest BCUT2D eigenvalue weighted by molar-refractivity contribution is 5.98. The molecule has 1 saturated carbocycles. The van der Waals surface area contributed by atoms with Crippen LogP contribution in [0.5, 0.6) is 0 Å². The first-order valence-corrected chi connectivity index (χ1v) is 8.59. The van der Waals surface area contributed by atoms with Crippen LogP contribution in [0.25, 0.3) is 0 Å². The van der Waals surface area contributed by atoms with E-state index in [1.165, 1.54) is 19.3 Å². The van der Waals surface area contributed by atoms with Gasteiger partial charge in [-0.15, -0.1) is 0 Å². The molecule has 0 radical (unpaired) electrons. The van der Waals surface area contributed by atoms with E-state index < -0.39 is 0 Å². The van der Waals surface area contributed by atoms with Crippen molar-refractivity contribution in [3.8, 4) is 0 Å². The van der Waals surface area contributed by atoms with E-state index >= 15 is 0 Å². The van der Waals surface area contributed by atoms with Crippen LogP contribution in [0.15, 0.2) is 0 Å². The Kier molecular flexibility index (Phi) is 3.74. The van der Waals surface area contributed by atoms with Crippen molar-refractivity contribution in [3.05, 3.63) is 0 Å². The first kappa shape index (κ1) is 14.9. The molecule has 0 aromatic rings. The van der Waals surface area contributed by atoms with Crippen molar-refractivity contribution in [2.24, 2.45) is 5.92 Å². The Hall–Kier alpha value is -1.06. The lowest BCUT2D eigenvalue weighted by Gasteiger charge is -2.53. The average molecular weight is 292 g/mol. The predicted octanol–water partition coefficient (Wildman–Crippen LogP) is 2.57. The van der Waals surface area contributed by atoms with Gasteiger partial charge >= 0.3 is 0 Å². The Morgan fingerprint density at radius 2 is 1.71 bits per heavy atom. The molecule has 2 amide bonds. The maximum atomic E-state index is 13.1. The molecular weight excluding hydrogens is 264 g/mol. The van der Waals surface area contributed by atoms with Gasteiger partial charge in [0.05, 0.1) is 0 Å². The molecule has 0 aromatic heterocycles. The fraction of sp³-hybridized carbons (Fsp3) is 0.882. The summed E-state index contributed by atoms with van der Waals surface area (Å²) in [5.74, 6) is 0.593. The van der Waals surface area contributed by atoms with E-state index in [4.69, 9.17) is 0 Å². The summed E-state index contributed by atoms with van der Waals surface area (Å²) in [6.45, 7) is 7.12. The predicted molar refractivity (Wildman–Crippen MR) is 81.7 cm³/mol. The second kappa shape index (κ2) is 5.29. The molecule has 2 heterocycles. The molecule has 0 N–H and O–H groups in total. The van der Waals surface area contributed by atoms with E-state index in [1.807, 2.05) is 9.80 Å². The van der Waals surface area contributed by atoms with Crippen LogP contribution >= 0.6 is 0 Å². The van der Waals surface area contributed by atoms with Crippen LogP contribution in [0, 0.1) is 5.92 Å². The zero-order chi connectivity index (χ0) is 15.2. The summed E-state index contributed by atoms with van der Waals surface area (Å²) >= 11 is 0. The molecular formula is C17H28N2O2. The molecule has 0 spiro atoms. The van der Waals surface area contributed by atoms with Crippen LogP contribution in [-0.4, -0.2) is 45.8 Å². The molecule has 0 bridgehead atoms. The molecule has 1 aliphatic carbocycles. The van der Waals surface area contributed by atoms with Gasteiger partial charge in [0, 0.05) is 12.1 Å². The smallest absolute Gasteiger partial charge is 0.246 e. The number of rotatable bonds is 2. The van der Waals surface area contributed by atoms with Crippen molar-refractivity contribution in [3.63, 3.8) is 0 Å². The van der Waals surface area contributed by atoms with Crippen molar-refractivity contribution in [2.75, 3.05) is 6.54 Å². The molecule has 3 rings (SSSR count). The molecule has 21 heavy (non-hydrogen) atoms. The molecule has 3 fully saturated rings. The molecule has 3 aliphatic rings. The van der Waals surface area contributed by atoms with Crippen LogP contribution in [-0.2, 0) is 9.59 Å². The Morgan fingerprint density at radius 1 is 1.05 bits per heavy atom. The molecule has 4 nitrogen and oxygen atoms in total. The third kappa shape index (κ3) is 2.27. The summed E-state index contributed by atoms with van der Waals surface area (Å²) in [7, 11) is 0.